The van der Waals surface area contributed by atoms with Gasteiger partial charge in [0.1, 0.15) is 0 Å². The predicted molar refractivity (Wildman–Crippen MR) is 85.2 cm³/mol. The first-order chi connectivity index (χ1) is 11.0. The summed E-state index contributed by atoms with van der Waals surface area (Å²) in [5, 5.41) is 6.90. The molecule has 0 aliphatic rings. The van der Waals surface area contributed by atoms with Crippen LogP contribution in [0.5, 0.6) is 0 Å². The molecule has 1 aromatic heterocycles. The smallest absolute Gasteiger partial charge is 0.307 e. The van der Waals surface area contributed by atoms with E-state index in [9.17, 15) is 9.59 Å². The summed E-state index contributed by atoms with van der Waals surface area (Å²) >= 11 is 0. The van der Waals surface area contributed by atoms with E-state index in [0.717, 1.165) is 16.8 Å². The Bertz CT molecular complexity index is 678. The minimum absolute atomic E-state index is 0.0388. The van der Waals surface area contributed by atoms with E-state index in [1.807, 2.05) is 37.4 Å². The third kappa shape index (κ3) is 4.17. The molecule has 2 rings (SSSR count). The molecule has 7 nitrogen and oxygen atoms in total. The summed E-state index contributed by atoms with van der Waals surface area (Å²) in [7, 11) is 3.17. The minimum Gasteiger partial charge on any atom is -0.469 e. The fourth-order valence-corrected chi connectivity index (χ4v) is 2.33. The zero-order valence-electron chi connectivity index (χ0n) is 13.2. The molecule has 1 heterocycles. The monoisotopic (exact) mass is 316 g/mol. The topological polar surface area (TPSA) is 99.2 Å². The van der Waals surface area contributed by atoms with Gasteiger partial charge >= 0.3 is 5.97 Å². The molecule has 2 aromatic rings. The summed E-state index contributed by atoms with van der Waals surface area (Å²) in [5.41, 5.74) is 8.03. The van der Waals surface area contributed by atoms with Crippen molar-refractivity contribution >= 4 is 11.9 Å². The second-order valence-electron chi connectivity index (χ2n) is 5.07. The Morgan fingerprint density at radius 1 is 1.39 bits per heavy atom. The zero-order valence-corrected chi connectivity index (χ0v) is 13.2. The Morgan fingerprint density at radius 2 is 2.17 bits per heavy atom. The van der Waals surface area contributed by atoms with Gasteiger partial charge in [-0.25, -0.2) is 0 Å². The minimum atomic E-state index is -0.494. The van der Waals surface area contributed by atoms with Gasteiger partial charge < -0.3 is 15.8 Å². The summed E-state index contributed by atoms with van der Waals surface area (Å²) in [6.45, 7) is -0.140. The lowest BCUT2D eigenvalue weighted by Crippen LogP contribution is -2.35. The van der Waals surface area contributed by atoms with Crippen LogP contribution < -0.4 is 11.1 Å². The van der Waals surface area contributed by atoms with E-state index < -0.39 is 12.0 Å². The number of rotatable bonds is 6. The predicted octanol–water partition coefficient (Wildman–Crippen LogP) is 0.766. The summed E-state index contributed by atoms with van der Waals surface area (Å²) in [4.78, 5) is 23.2. The number of nitrogens with one attached hydrogen (secondary N) is 1. The van der Waals surface area contributed by atoms with E-state index in [0.29, 0.717) is 0 Å². The third-order valence-electron chi connectivity index (χ3n) is 3.52. The fourth-order valence-electron chi connectivity index (χ4n) is 2.33. The molecule has 1 atom stereocenters. The molecule has 0 saturated heterocycles. The number of carbonyl (C=O) groups excluding carboxylic acids is 2. The van der Waals surface area contributed by atoms with Crippen LogP contribution in [0.2, 0.25) is 0 Å². The van der Waals surface area contributed by atoms with E-state index in [2.05, 4.69) is 10.4 Å². The number of hydrogen-bond donors (Lipinski definition) is 2. The number of hydrogen-bond acceptors (Lipinski definition) is 5. The molecule has 0 aliphatic carbocycles. The lowest BCUT2D eigenvalue weighted by atomic mass is 10.00. The van der Waals surface area contributed by atoms with Gasteiger partial charge in [-0.15, -0.1) is 0 Å². The Morgan fingerprint density at radius 3 is 2.78 bits per heavy atom. The molecule has 3 N–H and O–H groups in total. The number of amides is 1. The molecular weight excluding hydrogens is 296 g/mol. The number of methoxy groups -OCH3 is 1. The van der Waals surface area contributed by atoms with Crippen molar-refractivity contribution in [1.29, 1.82) is 0 Å². The van der Waals surface area contributed by atoms with E-state index in [1.165, 1.54) is 7.11 Å². The SMILES string of the molecule is COC(=O)C[C@H](NC(=O)CN)c1cccc(-c2ccnn2C)c1. The Balaban J connectivity index is 2.32. The summed E-state index contributed by atoms with van der Waals surface area (Å²) in [6.07, 6.45) is 1.75. The molecule has 0 fully saturated rings. The van der Waals surface area contributed by atoms with Crippen LogP contribution in [0.15, 0.2) is 36.5 Å². The number of carbonyl (C=O) groups is 2. The molecule has 0 saturated carbocycles. The summed E-state index contributed by atoms with van der Waals surface area (Å²) < 4.78 is 6.46. The van der Waals surface area contributed by atoms with Gasteiger partial charge in [0.05, 0.1) is 31.8 Å². The molecule has 1 aromatic carbocycles. The molecular formula is C16H20N4O3. The molecule has 0 unspecified atom stereocenters. The van der Waals surface area contributed by atoms with Crippen molar-refractivity contribution < 1.29 is 14.3 Å². The second kappa shape index (κ2) is 7.55. The summed E-state index contributed by atoms with van der Waals surface area (Å²) in [6, 6.07) is 8.99. The number of nitrogens with two attached hydrogens (primary N) is 1. The number of esters is 1. The number of ether oxygens (including phenoxy) is 1. The average molecular weight is 316 g/mol. The van der Waals surface area contributed by atoms with Crippen molar-refractivity contribution in [2.75, 3.05) is 13.7 Å². The number of aryl methyl sites for hydroxylation is 1. The molecule has 122 valence electrons. The fraction of sp³-hybridized carbons (Fsp3) is 0.312. The van der Waals surface area contributed by atoms with Crippen molar-refractivity contribution in [2.45, 2.75) is 12.5 Å². The molecule has 7 heteroatoms. The largest absolute Gasteiger partial charge is 0.469 e. The molecule has 0 radical (unpaired) electrons. The van der Waals surface area contributed by atoms with Crippen molar-refractivity contribution in [2.24, 2.45) is 12.8 Å². The second-order valence-corrected chi connectivity index (χ2v) is 5.07. The van der Waals surface area contributed by atoms with Crippen LogP contribution in [0.3, 0.4) is 0 Å². The molecule has 23 heavy (non-hydrogen) atoms. The van der Waals surface area contributed by atoms with E-state index in [-0.39, 0.29) is 18.9 Å². The van der Waals surface area contributed by atoms with Crippen molar-refractivity contribution in [3.63, 3.8) is 0 Å². The highest BCUT2D eigenvalue weighted by molar-refractivity contribution is 5.79. The standard InChI is InChI=1S/C16H20N4O3/c1-20-14(6-7-18-20)12-5-3-4-11(8-12)13(9-16(22)23-2)19-15(21)10-17/h3-8,13H,9-10,17H2,1-2H3,(H,19,21)/t13-/m0/s1. The maximum atomic E-state index is 11.6. The Labute approximate surface area is 134 Å². The Kier molecular flexibility index (Phi) is 5.48. The van der Waals surface area contributed by atoms with Crippen molar-refractivity contribution in [3.8, 4) is 11.3 Å². The molecule has 0 bridgehead atoms. The maximum Gasteiger partial charge on any atom is 0.307 e. The first-order valence-corrected chi connectivity index (χ1v) is 7.19. The van der Waals surface area contributed by atoms with E-state index in [1.54, 1.807) is 10.9 Å². The van der Waals surface area contributed by atoms with Crippen LogP contribution in [0.1, 0.15) is 18.0 Å². The highest BCUT2D eigenvalue weighted by Gasteiger charge is 2.19. The van der Waals surface area contributed by atoms with Crippen molar-refractivity contribution in [1.82, 2.24) is 15.1 Å². The number of nitrogens with zero attached hydrogens (tertiary/aromatic N) is 2. The van der Waals surface area contributed by atoms with Gasteiger partial charge in [0.25, 0.3) is 0 Å². The van der Waals surface area contributed by atoms with Gasteiger partial charge in [-0.05, 0) is 17.7 Å². The molecule has 0 spiro atoms. The maximum absolute atomic E-state index is 11.6. The quantitative estimate of drug-likeness (QED) is 0.767. The Hall–Kier alpha value is -2.67. The number of aromatic nitrogens is 2. The molecule has 1 amide bonds. The van der Waals surface area contributed by atoms with Gasteiger partial charge in [-0.3, -0.25) is 14.3 Å². The van der Waals surface area contributed by atoms with Gasteiger partial charge in [0.2, 0.25) is 5.91 Å². The van der Waals surface area contributed by atoms with Gasteiger partial charge in [0.15, 0.2) is 0 Å². The van der Waals surface area contributed by atoms with Gasteiger partial charge in [-0.2, -0.15) is 5.10 Å². The van der Waals surface area contributed by atoms with Gasteiger partial charge in [-0.1, -0.05) is 18.2 Å². The normalized spacial score (nSPS) is 11.8. The van der Waals surface area contributed by atoms with Crippen LogP contribution in [-0.2, 0) is 21.4 Å². The van der Waals surface area contributed by atoms with Crippen LogP contribution in [0.4, 0.5) is 0 Å². The average Bonchev–Trinajstić information content (AvgIpc) is 3.00. The van der Waals surface area contributed by atoms with Crippen LogP contribution in [0, 0.1) is 0 Å². The highest BCUT2D eigenvalue weighted by Crippen LogP contribution is 2.24. The van der Waals surface area contributed by atoms with Crippen LogP contribution in [0.25, 0.3) is 11.3 Å². The summed E-state index contributed by atoms with van der Waals surface area (Å²) in [5.74, 6) is -0.733. The van der Waals surface area contributed by atoms with Crippen LogP contribution >= 0.6 is 0 Å². The first-order valence-electron chi connectivity index (χ1n) is 7.19. The van der Waals surface area contributed by atoms with Gasteiger partial charge in [0, 0.05) is 18.8 Å². The third-order valence-corrected chi connectivity index (χ3v) is 3.52. The number of benzene rings is 1. The lowest BCUT2D eigenvalue weighted by Gasteiger charge is -2.18. The molecule has 0 aliphatic heterocycles. The van der Waals surface area contributed by atoms with E-state index >= 15 is 0 Å². The zero-order chi connectivity index (χ0) is 16.8. The lowest BCUT2D eigenvalue weighted by molar-refractivity contribution is -0.141. The van der Waals surface area contributed by atoms with Crippen LogP contribution in [-0.4, -0.2) is 35.3 Å². The highest BCUT2D eigenvalue weighted by atomic mass is 16.5. The van der Waals surface area contributed by atoms with Crippen molar-refractivity contribution in [3.05, 3.63) is 42.1 Å². The van der Waals surface area contributed by atoms with E-state index in [4.69, 9.17) is 10.5 Å². The first kappa shape index (κ1) is 16.7.